The second kappa shape index (κ2) is 9.73. The van der Waals surface area contributed by atoms with Crippen LogP contribution in [0.15, 0.2) is 69.9 Å². The summed E-state index contributed by atoms with van der Waals surface area (Å²) in [6.07, 6.45) is -5.03. The summed E-state index contributed by atoms with van der Waals surface area (Å²) >= 11 is 0. The van der Waals surface area contributed by atoms with Gasteiger partial charge in [0.25, 0.3) is 11.7 Å². The number of para-hydroxylation sites is 1. The molecule has 0 spiro atoms. The average molecular weight is 501 g/mol. The molecule has 36 heavy (non-hydrogen) atoms. The molecule has 0 fully saturated rings. The Labute approximate surface area is 202 Å². The first-order valence-corrected chi connectivity index (χ1v) is 10.6. The fourth-order valence-electron chi connectivity index (χ4n) is 3.53. The molecule has 186 valence electrons. The standard InChI is InChI=1S/C26H19F4NO5/c1-14-9-15(2)11-17(10-14)35-24-23(33)18-8-7-16(12-21(18)36-25(24)26(28,29)30)34-13-22(32)31-20-6-4-3-5-19(20)27/h3-12H,13H2,1-2H3,(H,31,32). The number of aryl methyl sites for hydroxylation is 2. The van der Waals surface area contributed by atoms with Crippen LogP contribution in [0.5, 0.6) is 17.2 Å². The van der Waals surface area contributed by atoms with Crippen LogP contribution in [0.4, 0.5) is 23.2 Å². The first kappa shape index (κ1) is 24.8. The summed E-state index contributed by atoms with van der Waals surface area (Å²) in [7, 11) is 0. The van der Waals surface area contributed by atoms with Crippen molar-refractivity contribution in [3.63, 3.8) is 0 Å². The molecule has 0 saturated heterocycles. The maximum Gasteiger partial charge on any atom is 0.453 e. The molecule has 0 saturated carbocycles. The zero-order chi connectivity index (χ0) is 26.0. The van der Waals surface area contributed by atoms with Crippen molar-refractivity contribution in [1.82, 2.24) is 0 Å². The molecule has 0 bridgehead atoms. The molecule has 0 atom stereocenters. The van der Waals surface area contributed by atoms with Crippen LogP contribution < -0.4 is 20.2 Å². The van der Waals surface area contributed by atoms with Crippen molar-refractivity contribution in [2.24, 2.45) is 0 Å². The number of fused-ring (bicyclic) bond motifs is 1. The Morgan fingerprint density at radius 2 is 1.67 bits per heavy atom. The third kappa shape index (κ3) is 5.48. The summed E-state index contributed by atoms with van der Waals surface area (Å²) in [4.78, 5) is 25.0. The Morgan fingerprint density at radius 1 is 0.972 bits per heavy atom. The molecular formula is C26H19F4NO5. The fourth-order valence-corrected chi connectivity index (χ4v) is 3.53. The summed E-state index contributed by atoms with van der Waals surface area (Å²) in [6.45, 7) is 2.92. The van der Waals surface area contributed by atoms with Gasteiger partial charge in [-0.3, -0.25) is 9.59 Å². The van der Waals surface area contributed by atoms with E-state index in [2.05, 4.69) is 5.32 Å². The van der Waals surface area contributed by atoms with Crippen molar-refractivity contribution in [3.05, 3.63) is 93.6 Å². The van der Waals surface area contributed by atoms with Crippen LogP contribution >= 0.6 is 0 Å². The molecule has 0 aliphatic rings. The molecule has 1 aromatic heterocycles. The van der Waals surface area contributed by atoms with Gasteiger partial charge in [0, 0.05) is 6.07 Å². The van der Waals surface area contributed by atoms with Crippen LogP contribution in [0.3, 0.4) is 0 Å². The van der Waals surface area contributed by atoms with Gasteiger partial charge in [0.2, 0.25) is 11.2 Å². The van der Waals surface area contributed by atoms with Gasteiger partial charge in [0.15, 0.2) is 6.61 Å². The van der Waals surface area contributed by atoms with E-state index in [1.54, 1.807) is 19.9 Å². The van der Waals surface area contributed by atoms with Gasteiger partial charge in [-0.15, -0.1) is 0 Å². The molecule has 10 heteroatoms. The minimum Gasteiger partial charge on any atom is -0.484 e. The molecule has 3 aromatic carbocycles. The third-order valence-corrected chi connectivity index (χ3v) is 5.01. The van der Waals surface area contributed by atoms with Gasteiger partial charge in [-0.2, -0.15) is 13.2 Å². The topological polar surface area (TPSA) is 77.8 Å². The van der Waals surface area contributed by atoms with Crippen LogP contribution in [0.1, 0.15) is 16.9 Å². The van der Waals surface area contributed by atoms with E-state index in [-0.39, 0.29) is 22.6 Å². The molecule has 4 rings (SSSR count). The van der Waals surface area contributed by atoms with Gasteiger partial charge in [-0.25, -0.2) is 4.39 Å². The summed E-state index contributed by atoms with van der Waals surface area (Å²) in [6, 6.07) is 13.9. The number of carbonyl (C=O) groups is 1. The van der Waals surface area contributed by atoms with Gasteiger partial charge in [0.05, 0.1) is 11.1 Å². The van der Waals surface area contributed by atoms with Gasteiger partial charge < -0.3 is 19.2 Å². The lowest BCUT2D eigenvalue weighted by Crippen LogP contribution is -2.20. The Hall–Kier alpha value is -4.34. The van der Waals surface area contributed by atoms with E-state index in [9.17, 15) is 27.2 Å². The molecule has 1 amide bonds. The summed E-state index contributed by atoms with van der Waals surface area (Å²) in [5, 5.41) is 2.14. The van der Waals surface area contributed by atoms with E-state index in [0.717, 1.165) is 23.3 Å². The number of benzene rings is 3. The smallest absolute Gasteiger partial charge is 0.453 e. The van der Waals surface area contributed by atoms with Crippen molar-refractivity contribution in [1.29, 1.82) is 0 Å². The molecular weight excluding hydrogens is 482 g/mol. The average Bonchev–Trinajstić information content (AvgIpc) is 2.79. The summed E-state index contributed by atoms with van der Waals surface area (Å²) in [5.41, 5.74) is -0.00502. The molecule has 1 N–H and O–H groups in total. The van der Waals surface area contributed by atoms with E-state index >= 15 is 0 Å². The van der Waals surface area contributed by atoms with E-state index in [1.807, 2.05) is 0 Å². The Kier molecular flexibility index (Phi) is 6.69. The second-order valence-corrected chi connectivity index (χ2v) is 7.99. The monoisotopic (exact) mass is 501 g/mol. The minimum atomic E-state index is -5.03. The number of halogens is 4. The molecule has 0 aliphatic heterocycles. The summed E-state index contributed by atoms with van der Waals surface area (Å²) in [5.74, 6) is -3.91. The fraction of sp³-hybridized carbons (Fsp3) is 0.154. The van der Waals surface area contributed by atoms with Crippen molar-refractivity contribution in [3.8, 4) is 17.2 Å². The number of hydrogen-bond donors (Lipinski definition) is 1. The predicted molar refractivity (Wildman–Crippen MR) is 124 cm³/mol. The Balaban J connectivity index is 1.63. The van der Waals surface area contributed by atoms with Gasteiger partial charge in [-0.05, 0) is 61.4 Å². The SMILES string of the molecule is Cc1cc(C)cc(Oc2c(C(F)(F)F)oc3cc(OCC(=O)Nc4ccccc4F)ccc3c2=O)c1. The van der Waals surface area contributed by atoms with Gasteiger partial charge in [-0.1, -0.05) is 18.2 Å². The maximum atomic E-state index is 13.8. The predicted octanol–water partition coefficient (Wildman–Crippen LogP) is 6.38. The van der Waals surface area contributed by atoms with Gasteiger partial charge in [0.1, 0.15) is 22.9 Å². The number of nitrogens with one attached hydrogen (secondary N) is 1. The maximum absolute atomic E-state index is 13.8. The molecule has 0 unspecified atom stereocenters. The number of alkyl halides is 3. The molecule has 1 heterocycles. The number of anilines is 1. The van der Waals surface area contributed by atoms with E-state index in [4.69, 9.17) is 13.9 Å². The van der Waals surface area contributed by atoms with Gasteiger partial charge >= 0.3 is 6.18 Å². The minimum absolute atomic E-state index is 0.0366. The zero-order valence-corrected chi connectivity index (χ0v) is 19.0. The highest BCUT2D eigenvalue weighted by molar-refractivity contribution is 5.92. The third-order valence-electron chi connectivity index (χ3n) is 5.01. The highest BCUT2D eigenvalue weighted by atomic mass is 19.4. The van der Waals surface area contributed by atoms with Crippen LogP contribution in [0.25, 0.3) is 11.0 Å². The largest absolute Gasteiger partial charge is 0.484 e. The Morgan fingerprint density at radius 3 is 2.33 bits per heavy atom. The molecule has 4 aromatic rings. The molecule has 0 aliphatic carbocycles. The van der Waals surface area contributed by atoms with E-state index in [1.165, 1.54) is 42.5 Å². The summed E-state index contributed by atoms with van der Waals surface area (Å²) < 4.78 is 70.7. The van der Waals surface area contributed by atoms with Crippen LogP contribution in [-0.2, 0) is 11.0 Å². The number of hydrogen-bond acceptors (Lipinski definition) is 5. The lowest BCUT2D eigenvalue weighted by atomic mass is 10.1. The number of carbonyl (C=O) groups excluding carboxylic acids is 1. The van der Waals surface area contributed by atoms with Crippen molar-refractivity contribution in [2.45, 2.75) is 20.0 Å². The zero-order valence-electron chi connectivity index (χ0n) is 19.0. The number of amides is 1. The number of ether oxygens (including phenoxy) is 2. The van der Waals surface area contributed by atoms with Crippen LogP contribution in [0.2, 0.25) is 0 Å². The van der Waals surface area contributed by atoms with Crippen molar-refractivity contribution < 1.29 is 36.2 Å². The van der Waals surface area contributed by atoms with E-state index in [0.29, 0.717) is 0 Å². The first-order chi connectivity index (χ1) is 17.0. The molecule has 6 nitrogen and oxygen atoms in total. The lowest BCUT2D eigenvalue weighted by Gasteiger charge is -2.14. The van der Waals surface area contributed by atoms with Crippen molar-refractivity contribution >= 4 is 22.6 Å². The van der Waals surface area contributed by atoms with E-state index < -0.39 is 47.0 Å². The lowest BCUT2D eigenvalue weighted by molar-refractivity contribution is -0.154. The quantitative estimate of drug-likeness (QED) is 0.311. The first-order valence-electron chi connectivity index (χ1n) is 10.6. The normalized spacial score (nSPS) is 11.4. The highest BCUT2D eigenvalue weighted by Crippen LogP contribution is 2.39. The molecule has 0 radical (unpaired) electrons. The number of rotatable bonds is 6. The highest BCUT2D eigenvalue weighted by Gasteiger charge is 2.40. The van der Waals surface area contributed by atoms with Crippen LogP contribution in [-0.4, -0.2) is 12.5 Å². The van der Waals surface area contributed by atoms with Crippen molar-refractivity contribution in [2.75, 3.05) is 11.9 Å². The van der Waals surface area contributed by atoms with Crippen LogP contribution in [0, 0.1) is 19.7 Å². The Bertz CT molecular complexity index is 1490. The second-order valence-electron chi connectivity index (χ2n) is 7.99.